The summed E-state index contributed by atoms with van der Waals surface area (Å²) in [5.74, 6) is 0.609. The summed E-state index contributed by atoms with van der Waals surface area (Å²) in [5.41, 5.74) is 2.03. The quantitative estimate of drug-likeness (QED) is 0.723. The number of carbonyl (C=O) groups excluding carboxylic acids is 1. The van der Waals surface area contributed by atoms with E-state index in [4.69, 9.17) is 4.42 Å². The van der Waals surface area contributed by atoms with Crippen molar-refractivity contribution in [2.75, 3.05) is 13.1 Å². The molecule has 0 bridgehead atoms. The molecule has 0 aliphatic rings. The zero-order chi connectivity index (χ0) is 16.2. The monoisotopic (exact) mass is 309 g/mol. The molecule has 0 N–H and O–H groups in total. The van der Waals surface area contributed by atoms with Crippen molar-refractivity contribution in [3.8, 4) is 17.1 Å². The Morgan fingerprint density at radius 2 is 1.87 bits per heavy atom. The van der Waals surface area contributed by atoms with Gasteiger partial charge in [-0.05, 0) is 38.1 Å². The lowest BCUT2D eigenvalue weighted by atomic mass is 10.2. The molecule has 3 rings (SSSR count). The fraction of sp³-hybridized carbons (Fsp3) is 0.222. The Bertz CT molecular complexity index is 772. The molecule has 23 heavy (non-hydrogen) atoms. The molecule has 118 valence electrons. The van der Waals surface area contributed by atoms with Gasteiger partial charge in [0, 0.05) is 19.2 Å². The van der Waals surface area contributed by atoms with Crippen LogP contribution in [0.2, 0.25) is 0 Å². The Morgan fingerprint density at radius 1 is 1.13 bits per heavy atom. The zero-order valence-electron chi connectivity index (χ0n) is 13.3. The van der Waals surface area contributed by atoms with Gasteiger partial charge in [-0.2, -0.15) is 5.10 Å². The van der Waals surface area contributed by atoms with E-state index in [9.17, 15) is 4.79 Å². The van der Waals surface area contributed by atoms with E-state index in [2.05, 4.69) is 5.10 Å². The van der Waals surface area contributed by atoms with E-state index in [-0.39, 0.29) is 5.91 Å². The van der Waals surface area contributed by atoms with Crippen molar-refractivity contribution in [3.63, 3.8) is 0 Å². The van der Waals surface area contributed by atoms with Gasteiger partial charge < -0.3 is 9.32 Å². The molecule has 0 unspecified atom stereocenters. The van der Waals surface area contributed by atoms with Crippen LogP contribution >= 0.6 is 0 Å². The number of aromatic nitrogens is 2. The van der Waals surface area contributed by atoms with E-state index in [1.165, 1.54) is 0 Å². The Balaban J connectivity index is 2.11. The summed E-state index contributed by atoms with van der Waals surface area (Å²) < 4.78 is 7.09. The number of nitrogens with zero attached hydrogens (tertiary/aromatic N) is 3. The highest BCUT2D eigenvalue weighted by atomic mass is 16.3. The highest BCUT2D eigenvalue weighted by Crippen LogP contribution is 2.23. The predicted molar refractivity (Wildman–Crippen MR) is 88.5 cm³/mol. The Hall–Kier alpha value is -2.82. The third kappa shape index (κ3) is 2.90. The summed E-state index contributed by atoms with van der Waals surface area (Å²) in [6, 6.07) is 15.1. The minimum absolute atomic E-state index is 0.0378. The maximum atomic E-state index is 12.8. The van der Waals surface area contributed by atoms with Gasteiger partial charge in [0.15, 0.2) is 5.76 Å². The molecule has 0 aliphatic heterocycles. The lowest BCUT2D eigenvalue weighted by Gasteiger charge is -2.19. The van der Waals surface area contributed by atoms with Crippen LogP contribution in [0.3, 0.4) is 0 Å². The molecule has 1 amide bonds. The second-order valence-corrected chi connectivity index (χ2v) is 5.12. The summed E-state index contributed by atoms with van der Waals surface area (Å²) in [6.07, 6.45) is 1.60. The molecule has 0 atom stereocenters. The number of hydrogen-bond donors (Lipinski definition) is 0. The summed E-state index contributed by atoms with van der Waals surface area (Å²) >= 11 is 0. The van der Waals surface area contributed by atoms with Crippen LogP contribution in [0.25, 0.3) is 17.1 Å². The second kappa shape index (κ2) is 6.52. The third-order valence-corrected chi connectivity index (χ3v) is 3.75. The van der Waals surface area contributed by atoms with Gasteiger partial charge in [-0.3, -0.25) is 4.79 Å². The first-order valence-electron chi connectivity index (χ1n) is 7.73. The minimum Gasteiger partial charge on any atom is -0.463 e. The highest BCUT2D eigenvalue weighted by molar-refractivity contribution is 5.94. The van der Waals surface area contributed by atoms with Gasteiger partial charge in [0.05, 0.1) is 12.0 Å². The third-order valence-electron chi connectivity index (χ3n) is 3.75. The number of rotatable bonds is 5. The first kappa shape index (κ1) is 15.1. The van der Waals surface area contributed by atoms with Crippen molar-refractivity contribution in [1.29, 1.82) is 0 Å². The fourth-order valence-electron chi connectivity index (χ4n) is 2.52. The van der Waals surface area contributed by atoms with Gasteiger partial charge in [-0.25, -0.2) is 4.68 Å². The number of amides is 1. The molecule has 0 saturated carbocycles. The van der Waals surface area contributed by atoms with Crippen molar-refractivity contribution < 1.29 is 9.21 Å². The average molecular weight is 309 g/mol. The van der Waals surface area contributed by atoms with Gasteiger partial charge in [-0.1, -0.05) is 18.2 Å². The normalized spacial score (nSPS) is 10.7. The van der Waals surface area contributed by atoms with Crippen molar-refractivity contribution in [2.45, 2.75) is 13.8 Å². The van der Waals surface area contributed by atoms with Crippen LogP contribution in [0.15, 0.2) is 59.2 Å². The second-order valence-electron chi connectivity index (χ2n) is 5.12. The number of furan rings is 1. The van der Waals surface area contributed by atoms with Gasteiger partial charge >= 0.3 is 0 Å². The first-order chi connectivity index (χ1) is 11.2. The van der Waals surface area contributed by atoms with E-state index in [0.29, 0.717) is 30.2 Å². The number of benzene rings is 1. The molecule has 5 nitrogen and oxygen atoms in total. The Labute approximate surface area is 135 Å². The highest BCUT2D eigenvalue weighted by Gasteiger charge is 2.21. The molecule has 2 aromatic heterocycles. The van der Waals surface area contributed by atoms with Crippen LogP contribution in [0, 0.1) is 0 Å². The summed E-state index contributed by atoms with van der Waals surface area (Å²) in [4.78, 5) is 14.6. The molecule has 5 heteroatoms. The van der Waals surface area contributed by atoms with Gasteiger partial charge in [0.1, 0.15) is 11.4 Å². The van der Waals surface area contributed by atoms with Gasteiger partial charge in [0.25, 0.3) is 5.91 Å². The number of hydrogen-bond acceptors (Lipinski definition) is 3. The van der Waals surface area contributed by atoms with Crippen molar-refractivity contribution in [2.24, 2.45) is 0 Å². The van der Waals surface area contributed by atoms with Gasteiger partial charge in [0.2, 0.25) is 0 Å². The molecule has 0 aliphatic carbocycles. The first-order valence-corrected chi connectivity index (χ1v) is 7.73. The van der Waals surface area contributed by atoms with Crippen LogP contribution in [0.1, 0.15) is 24.3 Å². The molecule has 1 aromatic carbocycles. The largest absolute Gasteiger partial charge is 0.463 e. The van der Waals surface area contributed by atoms with E-state index < -0.39 is 0 Å². The van der Waals surface area contributed by atoms with Crippen LogP contribution in [0.5, 0.6) is 0 Å². The van der Waals surface area contributed by atoms with Crippen LogP contribution in [-0.2, 0) is 0 Å². The van der Waals surface area contributed by atoms with E-state index in [1.54, 1.807) is 21.9 Å². The lowest BCUT2D eigenvalue weighted by molar-refractivity contribution is 0.0764. The molecular formula is C18H19N3O2. The Morgan fingerprint density at radius 3 is 2.48 bits per heavy atom. The van der Waals surface area contributed by atoms with Crippen LogP contribution in [0.4, 0.5) is 0 Å². The predicted octanol–water partition coefficient (Wildman–Crippen LogP) is 3.61. The molecule has 0 saturated heterocycles. The van der Waals surface area contributed by atoms with Crippen molar-refractivity contribution in [3.05, 3.63) is 60.5 Å². The Kier molecular flexibility index (Phi) is 4.28. The molecular weight excluding hydrogens is 290 g/mol. The van der Waals surface area contributed by atoms with Gasteiger partial charge in [-0.15, -0.1) is 0 Å². The zero-order valence-corrected chi connectivity index (χ0v) is 13.3. The minimum atomic E-state index is -0.0378. The maximum absolute atomic E-state index is 12.8. The van der Waals surface area contributed by atoms with E-state index >= 15 is 0 Å². The molecule has 0 radical (unpaired) electrons. The topological polar surface area (TPSA) is 51.3 Å². The number of carbonyl (C=O) groups is 1. The summed E-state index contributed by atoms with van der Waals surface area (Å²) in [6.45, 7) is 5.26. The van der Waals surface area contributed by atoms with E-state index in [1.807, 2.05) is 56.3 Å². The van der Waals surface area contributed by atoms with Crippen LogP contribution in [-0.4, -0.2) is 33.7 Å². The smallest absolute Gasteiger partial charge is 0.272 e. The lowest BCUT2D eigenvalue weighted by Crippen LogP contribution is -2.32. The van der Waals surface area contributed by atoms with Crippen molar-refractivity contribution in [1.82, 2.24) is 14.7 Å². The van der Waals surface area contributed by atoms with E-state index in [0.717, 1.165) is 5.69 Å². The number of para-hydroxylation sites is 1. The summed E-state index contributed by atoms with van der Waals surface area (Å²) in [5, 5.41) is 4.57. The SMILES string of the molecule is CCN(CC)C(=O)c1cc(-c2ccco2)nn1-c1ccccc1. The van der Waals surface area contributed by atoms with Crippen molar-refractivity contribution >= 4 is 5.91 Å². The standard InChI is InChI=1S/C18H19N3O2/c1-3-20(4-2)18(22)16-13-15(17-11-8-12-23-17)19-21(16)14-9-6-5-7-10-14/h5-13H,3-4H2,1-2H3. The molecule has 0 spiro atoms. The molecule has 3 aromatic rings. The molecule has 0 fully saturated rings. The molecule has 2 heterocycles. The average Bonchev–Trinajstić information content (AvgIpc) is 3.26. The summed E-state index contributed by atoms with van der Waals surface area (Å²) in [7, 11) is 0. The maximum Gasteiger partial charge on any atom is 0.272 e. The van der Waals surface area contributed by atoms with Crippen LogP contribution < -0.4 is 0 Å². The fourth-order valence-corrected chi connectivity index (χ4v) is 2.52.